The summed E-state index contributed by atoms with van der Waals surface area (Å²) in [5.41, 5.74) is 0.865. The summed E-state index contributed by atoms with van der Waals surface area (Å²) < 4.78 is 27.6. The van der Waals surface area contributed by atoms with Crippen LogP contribution in [0.2, 0.25) is 0 Å². The van der Waals surface area contributed by atoms with Gasteiger partial charge in [0.15, 0.2) is 5.82 Å². The summed E-state index contributed by atoms with van der Waals surface area (Å²) in [5, 5.41) is 8.59. The van der Waals surface area contributed by atoms with E-state index in [1.807, 2.05) is 40.7 Å². The second-order valence-electron chi connectivity index (χ2n) is 10.9. The highest BCUT2D eigenvalue weighted by molar-refractivity contribution is 5.96. The first-order valence-electron chi connectivity index (χ1n) is 12.8. The van der Waals surface area contributed by atoms with Crippen molar-refractivity contribution < 1.29 is 18.7 Å². The molecule has 1 aromatic carbocycles. The lowest BCUT2D eigenvalue weighted by atomic mass is 10.1. The van der Waals surface area contributed by atoms with E-state index in [2.05, 4.69) is 25.3 Å². The molecule has 1 aliphatic rings. The summed E-state index contributed by atoms with van der Waals surface area (Å²) in [6, 6.07) is 4.85. The van der Waals surface area contributed by atoms with Crippen molar-refractivity contribution in [3.63, 3.8) is 0 Å². The van der Waals surface area contributed by atoms with Crippen molar-refractivity contribution in [2.45, 2.75) is 52.3 Å². The smallest absolute Gasteiger partial charge is 0.410 e. The molecule has 1 fully saturated rings. The normalized spacial score (nSPS) is 18.1. The van der Waals surface area contributed by atoms with Crippen LogP contribution in [0.1, 0.15) is 34.6 Å². The van der Waals surface area contributed by atoms with Crippen molar-refractivity contribution >= 4 is 45.2 Å². The Kier molecular flexibility index (Phi) is 6.65. The predicted molar refractivity (Wildman–Crippen MR) is 147 cm³/mol. The number of nitrogens with one attached hydrogen (secondary N) is 1. The number of methoxy groups -OCH3 is 1. The Morgan fingerprint density at radius 3 is 2.51 bits per heavy atom. The summed E-state index contributed by atoms with van der Waals surface area (Å²) in [4.78, 5) is 30.4. The second-order valence-corrected chi connectivity index (χ2v) is 10.9. The van der Waals surface area contributed by atoms with Gasteiger partial charge in [-0.15, -0.1) is 0 Å². The molecule has 2 atom stereocenters. The second kappa shape index (κ2) is 9.83. The number of piperazine rings is 1. The molecule has 12 heteroatoms. The minimum Gasteiger partial charge on any atom is -0.480 e. The average molecular weight is 537 g/mol. The molecular weight excluding hydrogens is 503 g/mol. The van der Waals surface area contributed by atoms with E-state index in [0.717, 1.165) is 0 Å². The first-order chi connectivity index (χ1) is 18.4. The fourth-order valence-corrected chi connectivity index (χ4v) is 5.04. The van der Waals surface area contributed by atoms with Gasteiger partial charge in [0.05, 0.1) is 24.7 Å². The maximum atomic E-state index is 14.7. The van der Waals surface area contributed by atoms with Crippen LogP contribution in [-0.4, -0.2) is 73.6 Å². The third-order valence-electron chi connectivity index (χ3n) is 6.55. The largest absolute Gasteiger partial charge is 0.480 e. The summed E-state index contributed by atoms with van der Waals surface area (Å²) in [5.74, 6) is 1.02. The molecule has 11 nitrogen and oxygen atoms in total. The molecule has 1 N–H and O–H groups in total. The quantitative estimate of drug-likeness (QED) is 0.399. The fourth-order valence-electron chi connectivity index (χ4n) is 5.04. The van der Waals surface area contributed by atoms with Gasteiger partial charge in [0.25, 0.3) is 0 Å². The number of fused-ring (bicyclic) bond motifs is 2. The van der Waals surface area contributed by atoms with Crippen LogP contribution in [0.5, 0.6) is 5.88 Å². The lowest BCUT2D eigenvalue weighted by molar-refractivity contribution is 0.00559. The van der Waals surface area contributed by atoms with Crippen molar-refractivity contribution in [3.8, 4) is 5.88 Å². The van der Waals surface area contributed by atoms with Gasteiger partial charge in [-0.3, -0.25) is 9.58 Å². The number of nitrogens with zero attached hydrogens (tertiary/aromatic N) is 7. The fraction of sp³-hybridized carbons (Fsp3) is 0.444. The van der Waals surface area contributed by atoms with Crippen molar-refractivity contribution in [2.75, 3.05) is 30.4 Å². The number of carbonyl (C=O) groups is 1. The van der Waals surface area contributed by atoms with Crippen LogP contribution in [0.4, 0.5) is 26.5 Å². The van der Waals surface area contributed by atoms with Gasteiger partial charge < -0.3 is 19.7 Å². The number of benzene rings is 1. The van der Waals surface area contributed by atoms with Gasteiger partial charge in [0.1, 0.15) is 34.5 Å². The average Bonchev–Trinajstić information content (AvgIpc) is 3.22. The van der Waals surface area contributed by atoms with E-state index < -0.39 is 11.4 Å². The van der Waals surface area contributed by atoms with Crippen molar-refractivity contribution in [1.82, 2.24) is 29.6 Å². The van der Waals surface area contributed by atoms with Gasteiger partial charge in [-0.2, -0.15) is 10.1 Å². The Hall–Kier alpha value is -4.22. The Morgan fingerprint density at radius 2 is 1.85 bits per heavy atom. The van der Waals surface area contributed by atoms with Gasteiger partial charge in [-0.1, -0.05) is 0 Å². The standard InChI is InChI=1S/C27H33FN8O3/c1-15-11-35(12-16(2)36(15)26(37)39-27(3,4)5)21-10-20-22(25(32-21)38-7)24(30-14-29-20)31-18-8-17-13-34(6)33-23(17)19(28)9-18/h8-10,13-16H,11-12H2,1-7H3,(H,29,30,31)/t15-,16+. The highest BCUT2D eigenvalue weighted by Gasteiger charge is 2.36. The van der Waals surface area contributed by atoms with E-state index >= 15 is 0 Å². The SMILES string of the molecule is COc1nc(N2C[C@@H](C)N(C(=O)OC(C)(C)C)[C@@H](C)C2)cc2ncnc(Nc3cc(F)c4nn(C)cc4c3)c12. The highest BCUT2D eigenvalue weighted by atomic mass is 19.1. The molecule has 0 saturated carbocycles. The first-order valence-corrected chi connectivity index (χ1v) is 12.8. The summed E-state index contributed by atoms with van der Waals surface area (Å²) in [7, 11) is 3.28. The van der Waals surface area contributed by atoms with Gasteiger partial charge in [-0.05, 0) is 46.8 Å². The predicted octanol–water partition coefficient (Wildman–Crippen LogP) is 4.64. The Bertz CT molecular complexity index is 1540. The summed E-state index contributed by atoms with van der Waals surface area (Å²) in [6.45, 7) is 10.7. The van der Waals surface area contributed by atoms with Crippen LogP contribution >= 0.6 is 0 Å². The number of aromatic nitrogens is 5. The number of ether oxygens (including phenoxy) is 2. The van der Waals surface area contributed by atoms with Gasteiger partial charge in [0.2, 0.25) is 5.88 Å². The van der Waals surface area contributed by atoms with E-state index in [4.69, 9.17) is 14.5 Å². The number of aryl methyl sites for hydroxylation is 1. The number of amides is 1. The van der Waals surface area contributed by atoms with Crippen LogP contribution in [0.15, 0.2) is 30.7 Å². The number of halogens is 1. The molecule has 3 aromatic heterocycles. The van der Waals surface area contributed by atoms with Crippen molar-refractivity contribution in [2.24, 2.45) is 7.05 Å². The van der Waals surface area contributed by atoms with E-state index in [1.54, 1.807) is 28.9 Å². The topological polar surface area (TPSA) is 111 Å². The van der Waals surface area contributed by atoms with E-state index in [-0.39, 0.29) is 18.2 Å². The number of rotatable bonds is 4. The van der Waals surface area contributed by atoms with Crippen LogP contribution in [0, 0.1) is 5.82 Å². The van der Waals surface area contributed by atoms with Gasteiger partial charge >= 0.3 is 6.09 Å². The van der Waals surface area contributed by atoms with E-state index in [1.165, 1.54) is 19.5 Å². The monoisotopic (exact) mass is 536 g/mol. The molecule has 4 heterocycles. The number of carbonyl (C=O) groups excluding carboxylic acids is 1. The molecule has 4 aromatic rings. The minimum atomic E-state index is -0.568. The van der Waals surface area contributed by atoms with Gasteiger partial charge in [-0.25, -0.2) is 19.2 Å². The minimum absolute atomic E-state index is 0.105. The number of anilines is 3. The molecule has 0 spiro atoms. The third-order valence-corrected chi connectivity index (χ3v) is 6.55. The molecule has 0 radical (unpaired) electrons. The Labute approximate surface area is 225 Å². The number of hydrogen-bond acceptors (Lipinski definition) is 9. The molecule has 39 heavy (non-hydrogen) atoms. The maximum Gasteiger partial charge on any atom is 0.410 e. The van der Waals surface area contributed by atoms with Gasteiger partial charge in [0, 0.05) is 43.5 Å². The van der Waals surface area contributed by atoms with Crippen molar-refractivity contribution in [1.29, 1.82) is 0 Å². The van der Waals surface area contributed by atoms with Crippen LogP contribution in [-0.2, 0) is 11.8 Å². The first kappa shape index (κ1) is 26.4. The zero-order chi connectivity index (χ0) is 28.1. The molecule has 1 saturated heterocycles. The number of pyridine rings is 1. The molecule has 5 rings (SSSR count). The van der Waals surface area contributed by atoms with Crippen LogP contribution in [0.3, 0.4) is 0 Å². The third kappa shape index (κ3) is 5.23. The lowest BCUT2D eigenvalue weighted by Crippen LogP contribution is -2.59. The molecular formula is C27H33FN8O3. The van der Waals surface area contributed by atoms with Crippen molar-refractivity contribution in [3.05, 3.63) is 36.5 Å². The van der Waals surface area contributed by atoms with Crippen LogP contribution in [0.25, 0.3) is 21.8 Å². The Balaban J connectivity index is 1.45. The molecule has 0 bridgehead atoms. The molecule has 0 unspecified atom stereocenters. The lowest BCUT2D eigenvalue weighted by Gasteiger charge is -2.44. The number of hydrogen-bond donors (Lipinski definition) is 1. The molecule has 1 aliphatic heterocycles. The maximum absolute atomic E-state index is 14.7. The summed E-state index contributed by atoms with van der Waals surface area (Å²) >= 11 is 0. The van der Waals surface area contributed by atoms with Crippen LogP contribution < -0.4 is 15.0 Å². The molecule has 206 valence electrons. The zero-order valence-corrected chi connectivity index (χ0v) is 23.2. The highest BCUT2D eigenvalue weighted by Crippen LogP contribution is 2.35. The molecule has 1 amide bonds. The zero-order valence-electron chi connectivity index (χ0n) is 23.2. The Morgan fingerprint density at radius 1 is 1.13 bits per heavy atom. The van der Waals surface area contributed by atoms with E-state index in [9.17, 15) is 9.18 Å². The molecule has 0 aliphatic carbocycles. The van der Waals surface area contributed by atoms with E-state index in [0.29, 0.717) is 58.1 Å². The summed E-state index contributed by atoms with van der Waals surface area (Å²) in [6.07, 6.45) is 2.87.